The predicted octanol–water partition coefficient (Wildman–Crippen LogP) is 4.14. The molecule has 4 nitrogen and oxygen atoms in total. The van der Waals surface area contributed by atoms with Crippen LogP contribution in [0.5, 0.6) is 0 Å². The lowest BCUT2D eigenvalue weighted by Gasteiger charge is -2.58. The van der Waals surface area contributed by atoms with Gasteiger partial charge in [0.1, 0.15) is 0 Å². The highest BCUT2D eigenvalue weighted by atomic mass is 16.5. The van der Waals surface area contributed by atoms with Gasteiger partial charge in [-0.1, -0.05) is 19.9 Å². The molecule has 4 heteroatoms. The van der Waals surface area contributed by atoms with E-state index >= 15 is 0 Å². The molecule has 0 radical (unpaired) electrons. The average molecular weight is 346 g/mol. The van der Waals surface area contributed by atoms with Crippen LogP contribution >= 0.6 is 0 Å². The van der Waals surface area contributed by atoms with Crippen molar-refractivity contribution in [2.24, 2.45) is 22.7 Å². The molecule has 1 aromatic heterocycles. The molecule has 3 rings (SSSR count). The van der Waals surface area contributed by atoms with Crippen molar-refractivity contribution in [1.29, 1.82) is 0 Å². The van der Waals surface area contributed by atoms with E-state index in [1.165, 1.54) is 12.7 Å². The van der Waals surface area contributed by atoms with Crippen molar-refractivity contribution in [2.75, 3.05) is 13.7 Å². The van der Waals surface area contributed by atoms with Crippen molar-refractivity contribution in [3.8, 4) is 0 Å². The van der Waals surface area contributed by atoms with Gasteiger partial charge in [0, 0.05) is 11.0 Å². The van der Waals surface area contributed by atoms with Gasteiger partial charge in [-0.3, -0.25) is 0 Å². The lowest BCUT2D eigenvalue weighted by atomic mass is 9.46. The Labute approximate surface area is 150 Å². The average Bonchev–Trinajstić information content (AvgIpc) is 3.16. The molecule has 0 aliphatic heterocycles. The van der Waals surface area contributed by atoms with Gasteiger partial charge in [-0.2, -0.15) is 0 Å². The molecule has 2 aliphatic carbocycles. The van der Waals surface area contributed by atoms with Crippen LogP contribution in [0.3, 0.4) is 0 Å². The summed E-state index contributed by atoms with van der Waals surface area (Å²) in [5.74, 6) is 0.575. The smallest absolute Gasteiger partial charge is 0.334 e. The molecule has 0 amide bonds. The fourth-order valence-electron chi connectivity index (χ4n) is 5.42. The van der Waals surface area contributed by atoms with Crippen molar-refractivity contribution < 1.29 is 19.1 Å². The van der Waals surface area contributed by atoms with Crippen molar-refractivity contribution in [3.05, 3.63) is 35.8 Å². The minimum Gasteiger partial charge on any atom is -0.472 e. The highest BCUT2D eigenvalue weighted by Gasteiger charge is 2.57. The Morgan fingerprint density at radius 3 is 2.88 bits per heavy atom. The monoisotopic (exact) mass is 346 g/mol. The molecule has 0 spiro atoms. The van der Waals surface area contributed by atoms with E-state index in [1.54, 1.807) is 6.26 Å². The van der Waals surface area contributed by atoms with Gasteiger partial charge < -0.3 is 14.3 Å². The number of furan rings is 1. The number of rotatable bonds is 5. The summed E-state index contributed by atoms with van der Waals surface area (Å²) in [4.78, 5) is 12.4. The third-order valence-electron chi connectivity index (χ3n) is 7.17. The summed E-state index contributed by atoms with van der Waals surface area (Å²) < 4.78 is 10.3. The van der Waals surface area contributed by atoms with Gasteiger partial charge in [-0.05, 0) is 67.4 Å². The lowest BCUT2D eigenvalue weighted by Crippen LogP contribution is -2.54. The van der Waals surface area contributed by atoms with E-state index in [0.29, 0.717) is 17.4 Å². The van der Waals surface area contributed by atoms with Crippen LogP contribution in [0.25, 0.3) is 0 Å². The highest BCUT2D eigenvalue weighted by Crippen LogP contribution is 2.61. The molecule has 4 atom stereocenters. The van der Waals surface area contributed by atoms with Crippen LogP contribution in [-0.2, 0) is 16.0 Å². The first-order valence-corrected chi connectivity index (χ1v) is 9.39. The zero-order valence-corrected chi connectivity index (χ0v) is 15.6. The van der Waals surface area contributed by atoms with Crippen LogP contribution in [-0.4, -0.2) is 24.8 Å². The largest absolute Gasteiger partial charge is 0.472 e. The molecule has 0 bridgehead atoms. The third-order valence-corrected chi connectivity index (χ3v) is 7.17. The summed E-state index contributed by atoms with van der Waals surface area (Å²) in [7, 11) is 1.43. The molecule has 1 heterocycles. The minimum atomic E-state index is -0.455. The van der Waals surface area contributed by atoms with Crippen LogP contribution in [0.2, 0.25) is 0 Å². The predicted molar refractivity (Wildman–Crippen MR) is 95.9 cm³/mol. The van der Waals surface area contributed by atoms with Gasteiger partial charge >= 0.3 is 5.97 Å². The Balaban J connectivity index is 1.93. The topological polar surface area (TPSA) is 59.7 Å². The molecule has 25 heavy (non-hydrogen) atoms. The molecular weight excluding hydrogens is 316 g/mol. The van der Waals surface area contributed by atoms with E-state index in [4.69, 9.17) is 9.15 Å². The number of hydrogen-bond donors (Lipinski definition) is 1. The zero-order chi connectivity index (χ0) is 18.1. The second kappa shape index (κ2) is 6.99. The number of aryl methyl sites for hydroxylation is 1. The van der Waals surface area contributed by atoms with Crippen LogP contribution in [0.4, 0.5) is 0 Å². The minimum absolute atomic E-state index is 0.0205. The highest BCUT2D eigenvalue weighted by molar-refractivity contribution is 5.90. The first-order chi connectivity index (χ1) is 12.0. The molecule has 2 aliphatic rings. The Bertz CT molecular complexity index is 632. The van der Waals surface area contributed by atoms with Crippen molar-refractivity contribution in [2.45, 2.75) is 52.4 Å². The summed E-state index contributed by atoms with van der Waals surface area (Å²) in [6.45, 7) is 4.70. The van der Waals surface area contributed by atoms with E-state index in [1.807, 2.05) is 18.4 Å². The number of methoxy groups -OCH3 is 1. The maximum atomic E-state index is 12.4. The molecular formula is C21H30O4. The van der Waals surface area contributed by atoms with E-state index in [2.05, 4.69) is 13.8 Å². The SMILES string of the molecule is COC(=O)C1=CCC[C@H]2[C@@]1(CO)CC[C@@H](C)[C@]2(C)CCc1ccoc1. The zero-order valence-electron chi connectivity index (χ0n) is 15.6. The summed E-state index contributed by atoms with van der Waals surface area (Å²) in [5, 5.41) is 10.4. The first kappa shape index (κ1) is 18.2. The fraction of sp³-hybridized carbons (Fsp3) is 0.667. The summed E-state index contributed by atoms with van der Waals surface area (Å²) in [6.07, 6.45) is 11.3. The van der Waals surface area contributed by atoms with Crippen LogP contribution in [0, 0.1) is 22.7 Å². The Morgan fingerprint density at radius 1 is 1.44 bits per heavy atom. The normalized spacial score (nSPS) is 35.0. The second-order valence-electron chi connectivity index (χ2n) is 8.13. The van der Waals surface area contributed by atoms with Gasteiger partial charge in [-0.15, -0.1) is 0 Å². The number of fused-ring (bicyclic) bond motifs is 1. The van der Waals surface area contributed by atoms with Crippen LogP contribution in [0.15, 0.2) is 34.7 Å². The van der Waals surface area contributed by atoms with E-state index in [-0.39, 0.29) is 18.0 Å². The van der Waals surface area contributed by atoms with E-state index in [0.717, 1.165) is 38.5 Å². The molecule has 138 valence electrons. The van der Waals surface area contributed by atoms with Gasteiger partial charge in [0.05, 0.1) is 26.2 Å². The summed E-state index contributed by atoms with van der Waals surface area (Å²) >= 11 is 0. The number of carbonyl (C=O) groups excluding carboxylic acids is 1. The summed E-state index contributed by atoms with van der Waals surface area (Å²) in [6, 6.07) is 2.02. The van der Waals surface area contributed by atoms with E-state index < -0.39 is 5.41 Å². The molecule has 1 aromatic rings. The van der Waals surface area contributed by atoms with Gasteiger partial charge in [0.2, 0.25) is 0 Å². The van der Waals surface area contributed by atoms with Crippen LogP contribution < -0.4 is 0 Å². The number of hydrogen-bond acceptors (Lipinski definition) is 4. The van der Waals surface area contributed by atoms with Gasteiger partial charge in [0.15, 0.2) is 0 Å². The molecule has 0 saturated heterocycles. The molecule has 0 aromatic carbocycles. The quantitative estimate of drug-likeness (QED) is 0.814. The maximum Gasteiger partial charge on any atom is 0.334 e. The van der Waals surface area contributed by atoms with Crippen molar-refractivity contribution >= 4 is 5.97 Å². The maximum absolute atomic E-state index is 12.4. The number of aliphatic hydroxyl groups is 1. The lowest BCUT2D eigenvalue weighted by molar-refractivity contribution is -0.143. The third kappa shape index (κ3) is 2.95. The standard InChI is InChI=1S/C21H30O4/c1-15-7-11-21(14-22)17(19(23)24-3)5-4-6-18(21)20(15,2)10-8-16-9-12-25-13-16/h5,9,12-13,15,18,22H,4,6-8,10-11,14H2,1-3H3/t15-,18-,20+,21-/m1/s1. The molecule has 1 N–H and O–H groups in total. The van der Waals surface area contributed by atoms with Gasteiger partial charge in [-0.25, -0.2) is 4.79 Å². The van der Waals surface area contributed by atoms with E-state index in [9.17, 15) is 9.90 Å². The number of esters is 1. The van der Waals surface area contributed by atoms with Gasteiger partial charge in [0.25, 0.3) is 0 Å². The second-order valence-corrected chi connectivity index (χ2v) is 8.13. The Kier molecular flexibility index (Phi) is 5.10. The fourth-order valence-corrected chi connectivity index (χ4v) is 5.42. The molecule has 1 saturated carbocycles. The number of carbonyl (C=O) groups is 1. The Morgan fingerprint density at radius 2 is 2.24 bits per heavy atom. The number of aliphatic hydroxyl groups excluding tert-OH is 1. The van der Waals surface area contributed by atoms with Crippen molar-refractivity contribution in [1.82, 2.24) is 0 Å². The molecule has 1 fully saturated rings. The Hall–Kier alpha value is -1.55. The van der Waals surface area contributed by atoms with Crippen LogP contribution in [0.1, 0.15) is 51.5 Å². The summed E-state index contributed by atoms with van der Waals surface area (Å²) in [5.41, 5.74) is 1.54. The number of allylic oxidation sites excluding steroid dienone is 1. The first-order valence-electron chi connectivity index (χ1n) is 9.39. The molecule has 0 unspecified atom stereocenters. The number of ether oxygens (including phenoxy) is 1. The van der Waals surface area contributed by atoms with Crippen molar-refractivity contribution in [3.63, 3.8) is 0 Å².